The number of carbonyl (C=O) groups is 2. The number of amides is 2. The fourth-order valence-electron chi connectivity index (χ4n) is 2.84. The van der Waals surface area contributed by atoms with Gasteiger partial charge in [-0.25, -0.2) is 0 Å². The van der Waals surface area contributed by atoms with Crippen LogP contribution in [-0.4, -0.2) is 42.5 Å². The Labute approximate surface area is 150 Å². The van der Waals surface area contributed by atoms with E-state index in [1.807, 2.05) is 0 Å². The topological polar surface area (TPSA) is 71.8 Å². The van der Waals surface area contributed by atoms with Crippen LogP contribution in [0.2, 0.25) is 5.02 Å². The third kappa shape index (κ3) is 4.33. The van der Waals surface area contributed by atoms with Crippen molar-refractivity contribution in [2.24, 2.45) is 0 Å². The smallest absolute Gasteiger partial charge is 0.290 e. The van der Waals surface area contributed by atoms with Gasteiger partial charge in [0.1, 0.15) is 18.4 Å². The van der Waals surface area contributed by atoms with Gasteiger partial charge in [-0.15, -0.1) is 0 Å². The summed E-state index contributed by atoms with van der Waals surface area (Å²) in [5.41, 5.74) is 0. The predicted molar refractivity (Wildman–Crippen MR) is 92.7 cm³/mol. The fraction of sp³-hybridized carbons (Fsp3) is 0.333. The first-order valence-corrected chi connectivity index (χ1v) is 8.53. The highest BCUT2D eigenvalue weighted by Gasteiger charge is 2.35. The van der Waals surface area contributed by atoms with Crippen molar-refractivity contribution in [1.29, 1.82) is 0 Å². The summed E-state index contributed by atoms with van der Waals surface area (Å²) in [5, 5.41) is 3.42. The number of benzene rings is 1. The summed E-state index contributed by atoms with van der Waals surface area (Å²) in [6.45, 7) is 1.23. The van der Waals surface area contributed by atoms with Crippen LogP contribution in [-0.2, 0) is 4.79 Å². The maximum absolute atomic E-state index is 12.4. The van der Waals surface area contributed by atoms with Crippen LogP contribution in [0, 0.1) is 0 Å². The summed E-state index contributed by atoms with van der Waals surface area (Å²) >= 11 is 5.89. The zero-order valence-corrected chi connectivity index (χ0v) is 14.4. The van der Waals surface area contributed by atoms with Crippen LogP contribution in [0.3, 0.4) is 0 Å². The van der Waals surface area contributed by atoms with E-state index in [-0.39, 0.29) is 17.6 Å². The van der Waals surface area contributed by atoms with Crippen molar-refractivity contribution in [1.82, 2.24) is 10.2 Å². The Kier molecular flexibility index (Phi) is 5.60. The van der Waals surface area contributed by atoms with Gasteiger partial charge in [-0.2, -0.15) is 0 Å². The Hall–Kier alpha value is -2.47. The molecule has 1 unspecified atom stereocenters. The number of furan rings is 1. The normalized spacial score (nSPS) is 16.7. The van der Waals surface area contributed by atoms with Crippen LogP contribution < -0.4 is 10.1 Å². The molecule has 3 rings (SSSR count). The van der Waals surface area contributed by atoms with E-state index in [1.165, 1.54) is 6.26 Å². The zero-order valence-electron chi connectivity index (χ0n) is 13.6. The number of carbonyl (C=O) groups excluding carboxylic acids is 2. The quantitative estimate of drug-likeness (QED) is 0.802. The second kappa shape index (κ2) is 8.07. The second-order valence-corrected chi connectivity index (χ2v) is 6.17. The van der Waals surface area contributed by atoms with E-state index in [2.05, 4.69) is 5.32 Å². The number of halogens is 1. The molecule has 1 aromatic carbocycles. The number of hydrogen-bond donors (Lipinski definition) is 1. The molecule has 0 saturated carbocycles. The lowest BCUT2D eigenvalue weighted by atomic mass is 10.2. The minimum absolute atomic E-state index is 0.174. The number of likely N-dealkylation sites (tertiary alicyclic amines) is 1. The largest absolute Gasteiger partial charge is 0.492 e. The molecule has 25 heavy (non-hydrogen) atoms. The first-order valence-electron chi connectivity index (χ1n) is 8.16. The Morgan fingerprint density at radius 1 is 1.32 bits per heavy atom. The molecule has 1 fully saturated rings. The van der Waals surface area contributed by atoms with Gasteiger partial charge in [0.05, 0.1) is 12.8 Å². The van der Waals surface area contributed by atoms with Crippen LogP contribution in [0.15, 0.2) is 47.1 Å². The fourth-order valence-corrected chi connectivity index (χ4v) is 3.02. The van der Waals surface area contributed by atoms with Crippen molar-refractivity contribution < 1.29 is 18.7 Å². The number of nitrogens with one attached hydrogen (secondary N) is 1. The van der Waals surface area contributed by atoms with E-state index in [1.54, 1.807) is 41.3 Å². The summed E-state index contributed by atoms with van der Waals surface area (Å²) in [7, 11) is 0. The van der Waals surface area contributed by atoms with Crippen molar-refractivity contribution in [3.63, 3.8) is 0 Å². The molecule has 1 saturated heterocycles. The van der Waals surface area contributed by atoms with Gasteiger partial charge in [0.25, 0.3) is 5.91 Å². The lowest BCUT2D eigenvalue weighted by molar-refractivity contribution is -0.124. The Balaban J connectivity index is 1.48. The Bertz CT molecular complexity index is 732. The van der Waals surface area contributed by atoms with Crippen LogP contribution in [0.4, 0.5) is 0 Å². The van der Waals surface area contributed by atoms with Crippen LogP contribution >= 0.6 is 11.6 Å². The summed E-state index contributed by atoms with van der Waals surface area (Å²) in [6, 6.07) is 9.87. The molecule has 1 N–H and O–H groups in total. The minimum Gasteiger partial charge on any atom is -0.492 e. The SMILES string of the molecule is O=C(NCCOc1cccc(Cl)c1)C1CCCN1C(=O)c1ccco1. The summed E-state index contributed by atoms with van der Waals surface area (Å²) in [5.74, 6) is 0.478. The number of nitrogens with zero attached hydrogens (tertiary/aromatic N) is 1. The summed E-state index contributed by atoms with van der Waals surface area (Å²) in [6.07, 6.45) is 2.89. The lowest BCUT2D eigenvalue weighted by Gasteiger charge is -2.23. The number of hydrogen-bond acceptors (Lipinski definition) is 4. The molecule has 2 amide bonds. The lowest BCUT2D eigenvalue weighted by Crippen LogP contribution is -2.46. The molecule has 7 heteroatoms. The molecule has 6 nitrogen and oxygen atoms in total. The van der Waals surface area contributed by atoms with E-state index in [9.17, 15) is 9.59 Å². The van der Waals surface area contributed by atoms with Crippen molar-refractivity contribution in [2.75, 3.05) is 19.7 Å². The molecule has 132 valence electrons. The average molecular weight is 363 g/mol. The van der Waals surface area contributed by atoms with E-state index in [0.29, 0.717) is 36.9 Å². The van der Waals surface area contributed by atoms with Gasteiger partial charge in [-0.3, -0.25) is 9.59 Å². The van der Waals surface area contributed by atoms with Crippen LogP contribution in [0.5, 0.6) is 5.75 Å². The molecular weight excluding hydrogens is 344 g/mol. The van der Waals surface area contributed by atoms with E-state index in [0.717, 1.165) is 6.42 Å². The van der Waals surface area contributed by atoms with E-state index >= 15 is 0 Å². The molecule has 0 aliphatic carbocycles. The minimum atomic E-state index is -0.469. The molecule has 0 spiro atoms. The van der Waals surface area contributed by atoms with Gasteiger partial charge in [0.15, 0.2) is 5.76 Å². The van der Waals surface area contributed by atoms with Crippen molar-refractivity contribution in [3.8, 4) is 5.75 Å². The number of rotatable bonds is 6. The van der Waals surface area contributed by atoms with E-state index in [4.69, 9.17) is 20.8 Å². The summed E-state index contributed by atoms with van der Waals surface area (Å²) in [4.78, 5) is 26.3. The number of ether oxygens (including phenoxy) is 1. The predicted octanol–water partition coefficient (Wildman–Crippen LogP) is 2.73. The third-order valence-corrected chi connectivity index (χ3v) is 4.25. The monoisotopic (exact) mass is 362 g/mol. The Morgan fingerprint density at radius 2 is 2.20 bits per heavy atom. The molecule has 2 heterocycles. The first kappa shape index (κ1) is 17.4. The highest BCUT2D eigenvalue weighted by molar-refractivity contribution is 6.30. The second-order valence-electron chi connectivity index (χ2n) is 5.73. The van der Waals surface area contributed by atoms with Gasteiger partial charge in [0, 0.05) is 11.6 Å². The molecule has 0 bridgehead atoms. The van der Waals surface area contributed by atoms with E-state index < -0.39 is 6.04 Å². The van der Waals surface area contributed by atoms with Crippen molar-refractivity contribution >= 4 is 23.4 Å². The highest BCUT2D eigenvalue weighted by Crippen LogP contribution is 2.20. The molecule has 1 aliphatic heterocycles. The first-order chi connectivity index (χ1) is 12.1. The molecule has 0 radical (unpaired) electrons. The van der Waals surface area contributed by atoms with Crippen LogP contribution in [0.1, 0.15) is 23.4 Å². The maximum Gasteiger partial charge on any atom is 0.290 e. The molecule has 1 aliphatic rings. The molecule has 1 atom stereocenters. The molecular formula is C18H19ClN2O4. The highest BCUT2D eigenvalue weighted by atomic mass is 35.5. The molecule has 1 aromatic heterocycles. The third-order valence-electron chi connectivity index (χ3n) is 4.01. The van der Waals surface area contributed by atoms with Gasteiger partial charge in [-0.05, 0) is 43.2 Å². The Morgan fingerprint density at radius 3 is 2.96 bits per heavy atom. The van der Waals surface area contributed by atoms with Gasteiger partial charge in [-0.1, -0.05) is 17.7 Å². The standard InChI is InChI=1S/C18H19ClN2O4/c19-13-4-1-5-14(12-13)24-11-8-20-17(22)15-6-2-9-21(15)18(23)16-7-3-10-25-16/h1,3-5,7,10,12,15H,2,6,8-9,11H2,(H,20,22). The van der Waals surface area contributed by atoms with Crippen molar-refractivity contribution in [2.45, 2.75) is 18.9 Å². The van der Waals surface area contributed by atoms with Crippen molar-refractivity contribution in [3.05, 3.63) is 53.4 Å². The maximum atomic E-state index is 12.4. The summed E-state index contributed by atoms with van der Waals surface area (Å²) < 4.78 is 10.7. The van der Waals surface area contributed by atoms with Gasteiger partial charge < -0.3 is 19.4 Å². The van der Waals surface area contributed by atoms with Gasteiger partial charge in [0.2, 0.25) is 5.91 Å². The van der Waals surface area contributed by atoms with Gasteiger partial charge >= 0.3 is 0 Å². The average Bonchev–Trinajstić information content (AvgIpc) is 3.29. The van der Waals surface area contributed by atoms with Crippen LogP contribution in [0.25, 0.3) is 0 Å². The molecule has 2 aromatic rings. The zero-order chi connectivity index (χ0) is 17.6.